The Kier molecular flexibility index (Phi) is 3.59. The quantitative estimate of drug-likeness (QED) is 0.841. The highest BCUT2D eigenvalue weighted by atomic mass is 15.3. The monoisotopic (exact) mass is 310 g/mol. The third kappa shape index (κ3) is 2.73. The minimum Gasteiger partial charge on any atom is -0.353 e. The number of piperazine rings is 1. The molecule has 6 nitrogen and oxygen atoms in total. The molecule has 1 aliphatic heterocycles. The van der Waals surface area contributed by atoms with Crippen LogP contribution in [0, 0.1) is 13.8 Å². The van der Waals surface area contributed by atoms with Crippen LogP contribution >= 0.6 is 0 Å². The molecule has 0 N–H and O–H groups in total. The SMILES string of the molecule is Cc1cc(N2CCN(c3nc(C)nc4c3CCC4)CC2)ncn1. The fourth-order valence-electron chi connectivity index (χ4n) is 3.56. The van der Waals surface area contributed by atoms with Gasteiger partial charge in [-0.2, -0.15) is 0 Å². The fraction of sp³-hybridized carbons (Fsp3) is 0.529. The highest BCUT2D eigenvalue weighted by Crippen LogP contribution is 2.29. The van der Waals surface area contributed by atoms with Crippen LogP contribution in [0.4, 0.5) is 11.6 Å². The zero-order chi connectivity index (χ0) is 15.8. The van der Waals surface area contributed by atoms with Crippen molar-refractivity contribution in [1.82, 2.24) is 19.9 Å². The number of aromatic nitrogens is 4. The third-order valence-corrected chi connectivity index (χ3v) is 4.72. The van der Waals surface area contributed by atoms with Gasteiger partial charge in [0.2, 0.25) is 0 Å². The van der Waals surface area contributed by atoms with E-state index in [1.807, 2.05) is 13.8 Å². The molecule has 0 atom stereocenters. The van der Waals surface area contributed by atoms with Crippen LogP contribution in [0.3, 0.4) is 0 Å². The first-order chi connectivity index (χ1) is 11.2. The number of nitrogens with zero attached hydrogens (tertiary/aromatic N) is 6. The molecular formula is C17H22N6. The maximum Gasteiger partial charge on any atom is 0.135 e. The van der Waals surface area contributed by atoms with Crippen molar-refractivity contribution in [3.8, 4) is 0 Å². The minimum absolute atomic E-state index is 0.898. The number of hydrogen-bond donors (Lipinski definition) is 0. The fourth-order valence-corrected chi connectivity index (χ4v) is 3.56. The van der Waals surface area contributed by atoms with E-state index in [-0.39, 0.29) is 0 Å². The van der Waals surface area contributed by atoms with Crippen LogP contribution in [0.15, 0.2) is 12.4 Å². The minimum atomic E-state index is 0.898. The summed E-state index contributed by atoms with van der Waals surface area (Å²) in [5, 5.41) is 0. The van der Waals surface area contributed by atoms with Crippen LogP contribution in [0.5, 0.6) is 0 Å². The van der Waals surface area contributed by atoms with Crippen molar-refractivity contribution < 1.29 is 0 Å². The van der Waals surface area contributed by atoms with Crippen LogP contribution in [0.2, 0.25) is 0 Å². The van der Waals surface area contributed by atoms with Crippen molar-refractivity contribution in [2.45, 2.75) is 33.1 Å². The lowest BCUT2D eigenvalue weighted by molar-refractivity contribution is 0.636. The Hall–Kier alpha value is -2.24. The Morgan fingerprint density at radius 2 is 1.70 bits per heavy atom. The van der Waals surface area contributed by atoms with Gasteiger partial charge in [0.25, 0.3) is 0 Å². The van der Waals surface area contributed by atoms with Crippen molar-refractivity contribution in [1.29, 1.82) is 0 Å². The standard InChI is InChI=1S/C17H22N6/c1-12-10-16(19-11-18-12)22-6-8-23(9-7-22)17-14-4-3-5-15(14)20-13(2)21-17/h10-11H,3-9H2,1-2H3. The van der Waals surface area contributed by atoms with Crippen molar-refractivity contribution >= 4 is 11.6 Å². The molecule has 1 fully saturated rings. The zero-order valence-electron chi connectivity index (χ0n) is 13.8. The van der Waals surface area contributed by atoms with E-state index in [1.54, 1.807) is 6.33 Å². The molecule has 0 spiro atoms. The largest absolute Gasteiger partial charge is 0.353 e. The molecule has 4 rings (SSSR count). The van der Waals surface area contributed by atoms with Crippen LogP contribution < -0.4 is 9.80 Å². The maximum absolute atomic E-state index is 4.75. The van der Waals surface area contributed by atoms with Gasteiger partial charge in [0.05, 0.1) is 0 Å². The van der Waals surface area contributed by atoms with Gasteiger partial charge in [0.1, 0.15) is 23.8 Å². The Labute approximate surface area is 136 Å². The van der Waals surface area contributed by atoms with Crippen LogP contribution in [0.25, 0.3) is 0 Å². The molecule has 2 aliphatic rings. The van der Waals surface area contributed by atoms with Gasteiger partial charge in [-0.15, -0.1) is 0 Å². The number of rotatable bonds is 2. The third-order valence-electron chi connectivity index (χ3n) is 4.72. The summed E-state index contributed by atoms with van der Waals surface area (Å²) in [6.45, 7) is 7.90. The second-order valence-electron chi connectivity index (χ2n) is 6.36. The van der Waals surface area contributed by atoms with Gasteiger partial charge >= 0.3 is 0 Å². The molecule has 0 unspecified atom stereocenters. The molecule has 120 valence electrons. The molecule has 0 aromatic carbocycles. The summed E-state index contributed by atoms with van der Waals surface area (Å²) < 4.78 is 0. The number of hydrogen-bond acceptors (Lipinski definition) is 6. The summed E-state index contributed by atoms with van der Waals surface area (Å²) in [7, 11) is 0. The van der Waals surface area contributed by atoms with E-state index in [4.69, 9.17) is 4.98 Å². The first kappa shape index (κ1) is 14.4. The van der Waals surface area contributed by atoms with E-state index in [1.165, 1.54) is 23.5 Å². The number of fused-ring (bicyclic) bond motifs is 1. The smallest absolute Gasteiger partial charge is 0.135 e. The van der Waals surface area contributed by atoms with E-state index < -0.39 is 0 Å². The van der Waals surface area contributed by atoms with Crippen molar-refractivity contribution in [3.63, 3.8) is 0 Å². The Morgan fingerprint density at radius 3 is 2.48 bits per heavy atom. The first-order valence-corrected chi connectivity index (χ1v) is 8.35. The summed E-state index contributed by atoms with van der Waals surface area (Å²) in [4.78, 5) is 22.7. The van der Waals surface area contributed by atoms with E-state index in [0.717, 1.165) is 56.4 Å². The summed E-state index contributed by atoms with van der Waals surface area (Å²) in [5.41, 5.74) is 3.66. The second-order valence-corrected chi connectivity index (χ2v) is 6.36. The molecule has 2 aromatic rings. The van der Waals surface area contributed by atoms with Crippen LogP contribution in [-0.4, -0.2) is 46.1 Å². The molecule has 1 aliphatic carbocycles. The molecule has 23 heavy (non-hydrogen) atoms. The molecule has 0 amide bonds. The molecule has 0 bridgehead atoms. The highest BCUT2D eigenvalue weighted by molar-refractivity contribution is 5.53. The van der Waals surface area contributed by atoms with Crippen LogP contribution in [-0.2, 0) is 12.8 Å². The Bertz CT molecular complexity index is 721. The topological polar surface area (TPSA) is 58.0 Å². The average molecular weight is 310 g/mol. The van der Waals surface area contributed by atoms with Gasteiger partial charge in [0, 0.05) is 49.2 Å². The van der Waals surface area contributed by atoms with Gasteiger partial charge in [-0.1, -0.05) is 0 Å². The molecule has 0 radical (unpaired) electrons. The summed E-state index contributed by atoms with van der Waals surface area (Å²) in [5.74, 6) is 3.10. The van der Waals surface area contributed by atoms with Gasteiger partial charge in [-0.25, -0.2) is 19.9 Å². The van der Waals surface area contributed by atoms with Crippen molar-refractivity contribution in [3.05, 3.63) is 35.2 Å². The second kappa shape index (κ2) is 5.76. The summed E-state index contributed by atoms with van der Waals surface area (Å²) in [6.07, 6.45) is 5.08. The Balaban J connectivity index is 1.52. The highest BCUT2D eigenvalue weighted by Gasteiger charge is 2.25. The van der Waals surface area contributed by atoms with E-state index in [2.05, 4.69) is 30.8 Å². The molecular weight excluding hydrogens is 288 g/mol. The predicted molar refractivity (Wildman–Crippen MR) is 90.0 cm³/mol. The van der Waals surface area contributed by atoms with Crippen molar-refractivity contribution in [2.75, 3.05) is 36.0 Å². The van der Waals surface area contributed by atoms with Gasteiger partial charge < -0.3 is 9.80 Å². The van der Waals surface area contributed by atoms with Crippen molar-refractivity contribution in [2.24, 2.45) is 0 Å². The lowest BCUT2D eigenvalue weighted by atomic mass is 10.2. The predicted octanol–water partition coefficient (Wildman–Crippen LogP) is 1.70. The summed E-state index contributed by atoms with van der Waals surface area (Å²) in [6, 6.07) is 2.06. The van der Waals surface area contributed by atoms with E-state index in [9.17, 15) is 0 Å². The van der Waals surface area contributed by atoms with Gasteiger partial charge in [-0.05, 0) is 33.1 Å². The number of aryl methyl sites for hydroxylation is 3. The zero-order valence-corrected chi connectivity index (χ0v) is 13.8. The molecule has 2 aromatic heterocycles. The molecule has 6 heteroatoms. The average Bonchev–Trinajstić information content (AvgIpc) is 3.02. The first-order valence-electron chi connectivity index (χ1n) is 8.35. The lowest BCUT2D eigenvalue weighted by Gasteiger charge is -2.36. The maximum atomic E-state index is 4.75. The lowest BCUT2D eigenvalue weighted by Crippen LogP contribution is -2.47. The van der Waals surface area contributed by atoms with Gasteiger partial charge in [-0.3, -0.25) is 0 Å². The van der Waals surface area contributed by atoms with E-state index in [0.29, 0.717) is 0 Å². The number of anilines is 2. The van der Waals surface area contributed by atoms with Gasteiger partial charge in [0.15, 0.2) is 0 Å². The normalized spacial score (nSPS) is 17.5. The molecule has 0 saturated carbocycles. The molecule has 3 heterocycles. The van der Waals surface area contributed by atoms with E-state index >= 15 is 0 Å². The Morgan fingerprint density at radius 1 is 0.913 bits per heavy atom. The molecule has 1 saturated heterocycles. The summed E-state index contributed by atoms with van der Waals surface area (Å²) >= 11 is 0. The van der Waals surface area contributed by atoms with Crippen LogP contribution in [0.1, 0.15) is 29.2 Å².